The lowest BCUT2D eigenvalue weighted by Crippen LogP contribution is -2.38. The molecule has 0 saturated carbocycles. The highest BCUT2D eigenvalue weighted by atomic mass is 16.1. The Kier molecular flexibility index (Phi) is 18.9. The van der Waals surface area contributed by atoms with Crippen LogP contribution >= 0.6 is 0 Å². The van der Waals surface area contributed by atoms with Crippen LogP contribution in [0.2, 0.25) is 0 Å². The number of hydrogen-bond acceptors (Lipinski definition) is 2. The van der Waals surface area contributed by atoms with Crippen molar-refractivity contribution in [2.45, 2.75) is 130 Å². The Hall–Kier alpha value is -0.830. The number of allylic oxidation sites excluding steroid dienone is 2. The highest BCUT2D eigenvalue weighted by molar-refractivity contribution is 5.75. The second-order valence-corrected chi connectivity index (χ2v) is 9.21. The molecule has 0 bridgehead atoms. The predicted octanol–water partition coefficient (Wildman–Crippen LogP) is 6.92. The predicted molar refractivity (Wildman–Crippen MR) is 125 cm³/mol. The number of carbonyl (C=O) groups is 1. The molecule has 28 heavy (non-hydrogen) atoms. The molecule has 0 aromatic heterocycles. The molecule has 0 unspecified atom stereocenters. The summed E-state index contributed by atoms with van der Waals surface area (Å²) >= 11 is 0. The molecule has 0 heterocycles. The fraction of sp³-hybridized carbons (Fsp3) is 0.880. The van der Waals surface area contributed by atoms with Gasteiger partial charge >= 0.3 is 0 Å². The molecule has 2 N–H and O–H groups in total. The normalized spacial score (nSPS) is 12.0. The van der Waals surface area contributed by atoms with Crippen molar-refractivity contribution in [1.29, 1.82) is 0 Å². The van der Waals surface area contributed by atoms with Gasteiger partial charge in [0.1, 0.15) is 0 Å². The molecule has 1 amide bonds. The van der Waals surface area contributed by atoms with Crippen LogP contribution in [-0.4, -0.2) is 24.5 Å². The molecule has 0 aromatic rings. The van der Waals surface area contributed by atoms with Gasteiger partial charge in [0, 0.05) is 25.0 Å². The first-order valence-electron chi connectivity index (χ1n) is 12.1. The molecular formula is C25H50N2O. The van der Waals surface area contributed by atoms with Crippen LogP contribution in [0, 0.1) is 0 Å². The largest absolute Gasteiger partial charge is 0.356 e. The van der Waals surface area contributed by atoms with Gasteiger partial charge in [-0.05, 0) is 52.9 Å². The molecule has 3 nitrogen and oxygen atoms in total. The van der Waals surface area contributed by atoms with Gasteiger partial charge in [-0.3, -0.25) is 4.79 Å². The van der Waals surface area contributed by atoms with Crippen LogP contribution < -0.4 is 10.6 Å². The van der Waals surface area contributed by atoms with E-state index in [1.54, 1.807) is 0 Å². The Morgan fingerprint density at radius 1 is 0.714 bits per heavy atom. The summed E-state index contributed by atoms with van der Waals surface area (Å²) in [5.74, 6) is 0.171. The van der Waals surface area contributed by atoms with Gasteiger partial charge in [0.25, 0.3) is 0 Å². The van der Waals surface area contributed by atoms with E-state index in [1.807, 2.05) is 0 Å². The minimum absolute atomic E-state index is 0.0873. The van der Waals surface area contributed by atoms with Crippen molar-refractivity contribution in [1.82, 2.24) is 10.6 Å². The fourth-order valence-corrected chi connectivity index (χ4v) is 3.24. The van der Waals surface area contributed by atoms with Crippen molar-refractivity contribution in [2.24, 2.45) is 0 Å². The maximum absolute atomic E-state index is 11.7. The maximum atomic E-state index is 11.7. The van der Waals surface area contributed by atoms with E-state index in [2.05, 4.69) is 50.5 Å². The van der Waals surface area contributed by atoms with Crippen LogP contribution in [0.15, 0.2) is 12.2 Å². The molecule has 0 saturated heterocycles. The number of rotatable bonds is 19. The van der Waals surface area contributed by atoms with Gasteiger partial charge < -0.3 is 10.6 Å². The SMILES string of the molecule is CCCCCCCCC=CCCCCCCCCNC(=O)CCNC(C)(C)C. The van der Waals surface area contributed by atoms with Gasteiger partial charge in [-0.1, -0.05) is 76.9 Å². The third-order valence-electron chi connectivity index (χ3n) is 5.02. The van der Waals surface area contributed by atoms with E-state index in [0.29, 0.717) is 6.42 Å². The maximum Gasteiger partial charge on any atom is 0.221 e. The Balaban J connectivity index is 3.23. The molecule has 0 fully saturated rings. The van der Waals surface area contributed by atoms with E-state index < -0.39 is 0 Å². The van der Waals surface area contributed by atoms with Crippen molar-refractivity contribution in [2.75, 3.05) is 13.1 Å². The molecule has 3 heteroatoms. The molecule has 0 aromatic carbocycles. The molecule has 0 aliphatic heterocycles. The summed E-state index contributed by atoms with van der Waals surface area (Å²) in [5.41, 5.74) is 0.0873. The third kappa shape index (κ3) is 23.2. The smallest absolute Gasteiger partial charge is 0.221 e. The molecule has 0 aliphatic carbocycles. The molecule has 0 rings (SSSR count). The van der Waals surface area contributed by atoms with Gasteiger partial charge in [-0.15, -0.1) is 0 Å². The number of carbonyl (C=O) groups excluding carboxylic acids is 1. The summed E-state index contributed by atoms with van der Waals surface area (Å²) in [5, 5.41) is 6.38. The van der Waals surface area contributed by atoms with Crippen LogP contribution in [0.4, 0.5) is 0 Å². The van der Waals surface area contributed by atoms with Crippen LogP contribution in [0.3, 0.4) is 0 Å². The van der Waals surface area contributed by atoms with Gasteiger partial charge in [-0.2, -0.15) is 0 Å². The molecular weight excluding hydrogens is 344 g/mol. The fourth-order valence-electron chi connectivity index (χ4n) is 3.24. The summed E-state index contributed by atoms with van der Waals surface area (Å²) in [6, 6.07) is 0. The van der Waals surface area contributed by atoms with Gasteiger partial charge in [0.2, 0.25) is 5.91 Å². The molecule has 0 atom stereocenters. The van der Waals surface area contributed by atoms with Crippen molar-refractivity contribution in [3.8, 4) is 0 Å². The topological polar surface area (TPSA) is 41.1 Å². The molecule has 0 spiro atoms. The van der Waals surface area contributed by atoms with E-state index in [-0.39, 0.29) is 11.4 Å². The quantitative estimate of drug-likeness (QED) is 0.184. The zero-order chi connectivity index (χ0) is 20.9. The Bertz CT molecular complexity index is 371. The average molecular weight is 395 g/mol. The first-order valence-corrected chi connectivity index (χ1v) is 12.1. The van der Waals surface area contributed by atoms with Crippen LogP contribution in [0.5, 0.6) is 0 Å². The number of unbranched alkanes of at least 4 members (excludes halogenated alkanes) is 12. The number of amides is 1. The van der Waals surface area contributed by atoms with E-state index in [4.69, 9.17) is 0 Å². The lowest BCUT2D eigenvalue weighted by Gasteiger charge is -2.20. The zero-order valence-electron chi connectivity index (χ0n) is 19.6. The second kappa shape index (κ2) is 19.5. The Morgan fingerprint density at radius 3 is 1.75 bits per heavy atom. The first-order chi connectivity index (χ1) is 13.5. The van der Waals surface area contributed by atoms with Crippen LogP contribution in [-0.2, 0) is 4.79 Å². The summed E-state index contributed by atoms with van der Waals surface area (Å²) in [4.78, 5) is 11.7. The van der Waals surface area contributed by atoms with Gasteiger partial charge in [0.15, 0.2) is 0 Å². The minimum Gasteiger partial charge on any atom is -0.356 e. The van der Waals surface area contributed by atoms with E-state index >= 15 is 0 Å². The van der Waals surface area contributed by atoms with Crippen molar-refractivity contribution >= 4 is 5.91 Å². The average Bonchev–Trinajstić information content (AvgIpc) is 2.63. The standard InChI is InChI=1S/C25H50N2O/c1-5-6-7-8-9-10-11-12-13-14-15-16-17-18-19-20-22-26-24(28)21-23-27-25(2,3)4/h12-13,27H,5-11,14-23H2,1-4H3,(H,26,28). The second-order valence-electron chi connectivity index (χ2n) is 9.21. The van der Waals surface area contributed by atoms with Gasteiger partial charge in [0.05, 0.1) is 0 Å². The zero-order valence-corrected chi connectivity index (χ0v) is 19.6. The Morgan fingerprint density at radius 2 is 1.21 bits per heavy atom. The lowest BCUT2D eigenvalue weighted by atomic mass is 10.1. The number of hydrogen-bond donors (Lipinski definition) is 2. The summed E-state index contributed by atoms with van der Waals surface area (Å²) in [6.07, 6.45) is 23.8. The highest BCUT2D eigenvalue weighted by Gasteiger charge is 2.09. The summed E-state index contributed by atoms with van der Waals surface area (Å²) in [6.45, 7) is 10.2. The van der Waals surface area contributed by atoms with Crippen molar-refractivity contribution in [3.05, 3.63) is 12.2 Å². The summed E-state index contributed by atoms with van der Waals surface area (Å²) < 4.78 is 0. The van der Waals surface area contributed by atoms with E-state index in [9.17, 15) is 4.79 Å². The number of nitrogens with one attached hydrogen (secondary N) is 2. The Labute approximate surface area is 176 Å². The van der Waals surface area contributed by atoms with Crippen LogP contribution in [0.1, 0.15) is 124 Å². The molecule has 0 radical (unpaired) electrons. The first kappa shape index (κ1) is 27.2. The summed E-state index contributed by atoms with van der Waals surface area (Å²) in [7, 11) is 0. The van der Waals surface area contributed by atoms with Crippen molar-refractivity contribution < 1.29 is 4.79 Å². The van der Waals surface area contributed by atoms with Gasteiger partial charge in [-0.25, -0.2) is 0 Å². The minimum atomic E-state index is 0.0873. The molecule has 166 valence electrons. The highest BCUT2D eigenvalue weighted by Crippen LogP contribution is 2.09. The van der Waals surface area contributed by atoms with E-state index in [0.717, 1.165) is 19.5 Å². The van der Waals surface area contributed by atoms with Crippen LogP contribution in [0.25, 0.3) is 0 Å². The third-order valence-corrected chi connectivity index (χ3v) is 5.02. The monoisotopic (exact) mass is 394 g/mol. The van der Waals surface area contributed by atoms with E-state index in [1.165, 1.54) is 83.5 Å². The van der Waals surface area contributed by atoms with Crippen molar-refractivity contribution in [3.63, 3.8) is 0 Å². The lowest BCUT2D eigenvalue weighted by molar-refractivity contribution is -0.121. The molecule has 0 aliphatic rings.